The molecule has 0 radical (unpaired) electrons. The molecule has 15 nitrogen and oxygen atoms in total. The zero-order chi connectivity index (χ0) is 35.9. The molecule has 3 aromatic rings. The molecule has 0 atom stereocenters. The van der Waals surface area contributed by atoms with Gasteiger partial charge in [-0.15, -0.1) is 0 Å². The van der Waals surface area contributed by atoms with Crippen molar-refractivity contribution in [3.8, 4) is 0 Å². The zero-order valence-corrected chi connectivity index (χ0v) is 26.6. The van der Waals surface area contributed by atoms with E-state index in [1.165, 1.54) is 37.4 Å². The summed E-state index contributed by atoms with van der Waals surface area (Å²) in [6.07, 6.45) is 3.65. The first-order chi connectivity index (χ1) is 23.9. The van der Waals surface area contributed by atoms with Crippen LogP contribution in [0.3, 0.4) is 0 Å². The molecule has 15 heteroatoms. The van der Waals surface area contributed by atoms with Crippen molar-refractivity contribution in [1.29, 1.82) is 0 Å². The third kappa shape index (κ3) is 7.54. The van der Waals surface area contributed by atoms with Gasteiger partial charge in [0.2, 0.25) is 0 Å². The highest BCUT2D eigenvalue weighted by Crippen LogP contribution is 2.45. The second kappa shape index (κ2) is 17.8. The summed E-state index contributed by atoms with van der Waals surface area (Å²) in [5, 5.41) is 7.55. The van der Waals surface area contributed by atoms with Gasteiger partial charge in [-0.1, -0.05) is 73.6 Å². The van der Waals surface area contributed by atoms with E-state index in [9.17, 15) is 43.2 Å². The average molecular weight is 757 g/mol. The molecule has 0 aromatic heterocycles. The van der Waals surface area contributed by atoms with Crippen molar-refractivity contribution in [1.82, 2.24) is 30.7 Å². The summed E-state index contributed by atoms with van der Waals surface area (Å²) < 4.78 is 0. The van der Waals surface area contributed by atoms with E-state index < -0.39 is 66.0 Å². The number of β-lactam (4-membered cyclic amide) rings is 4. The predicted octanol–water partition coefficient (Wildman–Crippen LogP) is 3.81. The van der Waals surface area contributed by atoms with Crippen LogP contribution in [-0.4, -0.2) is 94.8 Å². The van der Waals surface area contributed by atoms with E-state index in [-0.39, 0.29) is 65.3 Å². The number of nitrogens with zero attached hydrogens (tertiary/aromatic N) is 3. The Kier molecular flexibility index (Phi) is 15.0. The van der Waals surface area contributed by atoms with Crippen molar-refractivity contribution in [3.63, 3.8) is 0 Å². The summed E-state index contributed by atoms with van der Waals surface area (Å²) in [6.45, 7) is 0.943. The Bertz CT molecular complexity index is 2040. The van der Waals surface area contributed by atoms with Crippen molar-refractivity contribution < 1.29 is 43.2 Å². The van der Waals surface area contributed by atoms with Gasteiger partial charge in [0.05, 0.1) is 11.1 Å². The number of imide groups is 3. The zero-order valence-electron chi connectivity index (χ0n) is 26.6. The lowest BCUT2D eigenvalue weighted by Gasteiger charge is -2.52. The second-order valence-electron chi connectivity index (χ2n) is 11.4. The predicted molar refractivity (Wildman–Crippen MR) is 207 cm³/mol. The third-order valence-electron chi connectivity index (χ3n) is 8.56. The van der Waals surface area contributed by atoms with Crippen LogP contribution in [0.5, 0.6) is 0 Å². The molecule has 9 amide bonds. The molecule has 0 saturated carbocycles. The highest BCUT2D eigenvalue weighted by atomic mass is 16.2. The van der Waals surface area contributed by atoms with Crippen molar-refractivity contribution in [2.75, 3.05) is 26.9 Å². The van der Waals surface area contributed by atoms with E-state index in [1.807, 2.05) is 19.1 Å². The van der Waals surface area contributed by atoms with Crippen LogP contribution in [-0.2, 0) is 19.2 Å². The van der Waals surface area contributed by atoms with Gasteiger partial charge in [-0.2, -0.15) is 0 Å². The minimum absolute atomic E-state index is 0. The summed E-state index contributed by atoms with van der Waals surface area (Å²) in [7, 11) is 1.39. The molecule has 292 valence electrons. The van der Waals surface area contributed by atoms with Gasteiger partial charge < -0.3 is 16.0 Å². The molecule has 3 N–H and O–H groups in total. The molecule has 0 unspecified atom stereocenters. The topological polar surface area (TPSA) is 199 Å². The maximum Gasteiger partial charge on any atom is 0.285 e. The molecule has 0 bridgehead atoms. The van der Waals surface area contributed by atoms with Gasteiger partial charge in [-0.25, -0.2) is 0 Å². The number of carbonyl (C=O) groups is 9. The van der Waals surface area contributed by atoms with E-state index in [0.29, 0.717) is 26.8 Å². The Morgan fingerprint density at radius 2 is 1.00 bits per heavy atom. The normalized spacial score (nSPS) is 14.6. The van der Waals surface area contributed by atoms with Crippen molar-refractivity contribution >= 4 is 65.3 Å². The molecule has 2 saturated heterocycles. The summed E-state index contributed by atoms with van der Waals surface area (Å²) in [4.78, 5) is 116. The van der Waals surface area contributed by atoms with Crippen LogP contribution in [0.4, 0.5) is 0 Å². The van der Waals surface area contributed by atoms with Crippen molar-refractivity contribution in [3.05, 3.63) is 106 Å². The molecule has 3 heterocycles. The Morgan fingerprint density at radius 1 is 0.564 bits per heavy atom. The number of likely N-dealkylation sites (tertiary alicyclic amines) is 2. The second-order valence-corrected chi connectivity index (χ2v) is 11.4. The van der Waals surface area contributed by atoms with Crippen LogP contribution in [0.15, 0.2) is 66.7 Å². The SMILES string of the molecule is C.C.C.C.C.CCNC(=O)c1ccc(/C=C/c2ccc(C(=O)NCN3C(=O)C4(C3=O)C(=O)N(CN3C(=O)c5ccc(C(=O)NC)cc5C3=O)C4=O)cc2)cc1. The van der Waals surface area contributed by atoms with Gasteiger partial charge in [0, 0.05) is 30.3 Å². The Labute approximate surface area is 320 Å². The maximum atomic E-state index is 13.0. The van der Waals surface area contributed by atoms with Crippen LogP contribution in [0.2, 0.25) is 0 Å². The molecule has 55 heavy (non-hydrogen) atoms. The summed E-state index contributed by atoms with van der Waals surface area (Å²) in [6, 6.07) is 17.3. The van der Waals surface area contributed by atoms with E-state index in [2.05, 4.69) is 16.0 Å². The minimum atomic E-state index is -2.62. The number of hydrogen-bond donors (Lipinski definition) is 3. The first-order valence-electron chi connectivity index (χ1n) is 15.3. The van der Waals surface area contributed by atoms with Crippen LogP contribution in [0.1, 0.15) is 107 Å². The molecule has 3 aliphatic heterocycles. The van der Waals surface area contributed by atoms with E-state index in [4.69, 9.17) is 0 Å². The van der Waals surface area contributed by atoms with Crippen molar-refractivity contribution in [2.24, 2.45) is 5.41 Å². The molecule has 3 aliphatic rings. The highest BCUT2D eigenvalue weighted by Gasteiger charge is 2.80. The quantitative estimate of drug-likeness (QED) is 0.119. The smallest absolute Gasteiger partial charge is 0.285 e. The number of amides is 9. The fourth-order valence-corrected chi connectivity index (χ4v) is 5.75. The number of carbonyl (C=O) groups excluding carboxylic acids is 9. The first-order valence-corrected chi connectivity index (χ1v) is 15.3. The number of nitrogens with one attached hydrogen (secondary N) is 3. The number of hydrogen-bond acceptors (Lipinski definition) is 9. The van der Waals surface area contributed by atoms with Crippen LogP contribution < -0.4 is 16.0 Å². The summed E-state index contributed by atoms with van der Waals surface area (Å²) in [5.41, 5.74) is -0.256. The van der Waals surface area contributed by atoms with Gasteiger partial charge >= 0.3 is 0 Å². The fourth-order valence-electron chi connectivity index (χ4n) is 5.75. The molecule has 3 aromatic carbocycles. The Balaban J connectivity index is 0.00000302. The molecular weight excluding hydrogens is 708 g/mol. The molecule has 1 spiro atoms. The number of rotatable bonds is 10. The Morgan fingerprint density at radius 3 is 1.47 bits per heavy atom. The van der Waals surface area contributed by atoms with Gasteiger partial charge in [0.25, 0.3) is 58.6 Å². The molecule has 2 fully saturated rings. The van der Waals surface area contributed by atoms with Gasteiger partial charge in [0.1, 0.15) is 13.3 Å². The lowest BCUT2D eigenvalue weighted by atomic mass is 9.69. The minimum Gasteiger partial charge on any atom is -0.355 e. The number of benzene rings is 3. The largest absolute Gasteiger partial charge is 0.355 e. The van der Waals surface area contributed by atoms with E-state index in [1.54, 1.807) is 36.4 Å². The summed E-state index contributed by atoms with van der Waals surface area (Å²) in [5.74, 6) is -7.61. The van der Waals surface area contributed by atoms with Crippen LogP contribution in [0.25, 0.3) is 12.2 Å². The first kappa shape index (κ1) is 46.3. The van der Waals surface area contributed by atoms with E-state index >= 15 is 0 Å². The van der Waals surface area contributed by atoms with Gasteiger partial charge in [-0.3, -0.25) is 57.9 Å². The van der Waals surface area contributed by atoms with Crippen LogP contribution >= 0.6 is 0 Å². The molecule has 6 rings (SSSR count). The number of fused-ring (bicyclic) bond motifs is 1. The highest BCUT2D eigenvalue weighted by molar-refractivity contribution is 6.52. The van der Waals surface area contributed by atoms with Gasteiger partial charge in [-0.05, 0) is 60.5 Å². The van der Waals surface area contributed by atoms with E-state index in [0.717, 1.165) is 11.1 Å². The van der Waals surface area contributed by atoms with Crippen molar-refractivity contribution in [2.45, 2.75) is 44.1 Å². The fraction of sp³-hybridized carbons (Fsp3) is 0.275. The maximum absolute atomic E-state index is 13.0. The van der Waals surface area contributed by atoms with Crippen LogP contribution in [0, 0.1) is 5.41 Å². The lowest BCUT2D eigenvalue weighted by molar-refractivity contribution is -0.200. The Hall–Kier alpha value is -6.77. The lowest BCUT2D eigenvalue weighted by Crippen LogP contribution is -2.85. The monoisotopic (exact) mass is 756 g/mol. The molecule has 0 aliphatic carbocycles. The third-order valence-corrected chi connectivity index (χ3v) is 8.56. The van der Waals surface area contributed by atoms with Gasteiger partial charge in [0.15, 0.2) is 0 Å². The average Bonchev–Trinajstić information content (AvgIpc) is 3.37. The molecular formula is C40H48N6O9. The standard InChI is InChI=1S/C35H28N6O9.5CH4/c1-3-37-27(43)21-10-6-19(7-11-21)4-5-20-8-12-22(13-9-20)28(44)38-17-39-31(47)35(32(39)48)33(49)41(34(35)50)18-40-29(45)24-15-14-23(26(42)36-2)16-25(24)30(40)46;;;;;/h4-16H,3,17-18H2,1-2H3,(H,36,42)(H,37,43)(H,38,44);5*1H4/b5-4+;;;;;. The summed E-state index contributed by atoms with van der Waals surface area (Å²) >= 11 is 0.